The molecule has 1 spiro atoms. The summed E-state index contributed by atoms with van der Waals surface area (Å²) >= 11 is 0. The van der Waals surface area contributed by atoms with Crippen molar-refractivity contribution in [3.05, 3.63) is 60.4 Å². The zero-order chi connectivity index (χ0) is 37.5. The van der Waals surface area contributed by atoms with Gasteiger partial charge in [0.15, 0.2) is 11.6 Å². The van der Waals surface area contributed by atoms with E-state index in [1.165, 1.54) is 12.6 Å². The number of imidazole rings is 1. The van der Waals surface area contributed by atoms with Crippen LogP contribution in [-0.2, 0) is 19.7 Å². The predicted molar refractivity (Wildman–Crippen MR) is 206 cm³/mol. The van der Waals surface area contributed by atoms with Crippen molar-refractivity contribution >= 4 is 40.0 Å². The number of rotatable bonds is 7. The van der Waals surface area contributed by atoms with Crippen molar-refractivity contribution < 1.29 is 18.7 Å². The van der Waals surface area contributed by atoms with E-state index in [0.29, 0.717) is 55.5 Å². The lowest BCUT2D eigenvalue weighted by Crippen LogP contribution is -2.58. The Kier molecular flexibility index (Phi) is 8.57. The number of carbonyl (C=O) groups is 2. The van der Waals surface area contributed by atoms with Crippen LogP contribution in [0.3, 0.4) is 0 Å². The summed E-state index contributed by atoms with van der Waals surface area (Å²) in [7, 11) is 0. The van der Waals surface area contributed by atoms with Gasteiger partial charge in [0.25, 0.3) is 5.91 Å². The number of nitrogens with zero attached hydrogens (tertiary/aromatic N) is 7. The summed E-state index contributed by atoms with van der Waals surface area (Å²) in [5.74, 6) is 0.444. The number of likely N-dealkylation sites (tertiary alicyclic amines) is 2. The molecule has 7 heterocycles. The van der Waals surface area contributed by atoms with Gasteiger partial charge in [-0.2, -0.15) is 0 Å². The summed E-state index contributed by atoms with van der Waals surface area (Å²) in [6.45, 7) is 14.8. The van der Waals surface area contributed by atoms with E-state index in [2.05, 4.69) is 72.9 Å². The SMILES string of the molecule is CC(C)n1cnc2cc(-c3ccc4c(c3)N(C3CC(N5CCC(C)(C)C5)C3)C(=O)C43CCN(C(=O)[C@H]4OCC[C@H]4C)CC3)nc(Nc3ccncc3F)c21. The molecule has 54 heavy (non-hydrogen) atoms. The molecule has 1 saturated carbocycles. The maximum Gasteiger partial charge on any atom is 0.251 e. The van der Waals surface area contributed by atoms with Crippen LogP contribution in [0, 0.1) is 17.2 Å². The monoisotopic (exact) mass is 734 g/mol. The van der Waals surface area contributed by atoms with Gasteiger partial charge < -0.3 is 24.4 Å². The lowest BCUT2D eigenvalue weighted by molar-refractivity contribution is -0.145. The highest BCUT2D eigenvalue weighted by molar-refractivity contribution is 6.09. The molecule has 9 rings (SSSR count). The summed E-state index contributed by atoms with van der Waals surface area (Å²) in [4.78, 5) is 48.9. The Bertz CT molecular complexity index is 2120. The van der Waals surface area contributed by atoms with E-state index >= 15 is 0 Å². The Morgan fingerprint density at radius 1 is 1.06 bits per heavy atom. The summed E-state index contributed by atoms with van der Waals surface area (Å²) in [5.41, 5.74) is 4.97. The molecule has 0 radical (unpaired) electrons. The number of anilines is 3. The number of amides is 2. The average molecular weight is 735 g/mol. The number of piperidine rings is 1. The van der Waals surface area contributed by atoms with E-state index in [0.717, 1.165) is 60.2 Å². The Hall–Kier alpha value is -4.42. The van der Waals surface area contributed by atoms with Gasteiger partial charge in [-0.25, -0.2) is 14.4 Å². The van der Waals surface area contributed by atoms with Gasteiger partial charge in [0.2, 0.25) is 5.91 Å². The van der Waals surface area contributed by atoms with Crippen molar-refractivity contribution in [1.29, 1.82) is 0 Å². The summed E-state index contributed by atoms with van der Waals surface area (Å²) in [5, 5.41) is 3.23. The van der Waals surface area contributed by atoms with E-state index in [4.69, 9.17) is 14.7 Å². The highest BCUT2D eigenvalue weighted by atomic mass is 19.1. The first-order valence-electron chi connectivity index (χ1n) is 19.8. The molecular weight excluding hydrogens is 684 g/mol. The minimum Gasteiger partial charge on any atom is -0.368 e. The minimum atomic E-state index is -0.688. The first kappa shape index (κ1) is 35.3. The van der Waals surface area contributed by atoms with Crippen LogP contribution in [0.4, 0.5) is 21.6 Å². The van der Waals surface area contributed by atoms with Crippen LogP contribution >= 0.6 is 0 Å². The number of benzene rings is 1. The van der Waals surface area contributed by atoms with Crippen LogP contribution in [0.1, 0.15) is 84.7 Å². The molecule has 4 aliphatic heterocycles. The Morgan fingerprint density at radius 3 is 2.54 bits per heavy atom. The molecule has 3 saturated heterocycles. The molecule has 11 nitrogen and oxygen atoms in total. The van der Waals surface area contributed by atoms with E-state index in [-0.39, 0.29) is 35.5 Å². The van der Waals surface area contributed by atoms with Crippen molar-refractivity contribution in [2.24, 2.45) is 11.3 Å². The standard InChI is InChI=1S/C42H51FN8O3/c1-25(2)50-24-45-34-21-33(47-38(36(34)50)46-32-8-13-44-22-31(32)43)27-6-7-30-35(18-27)51(29-19-28(20-29)49-14-10-41(4,5)23-49)40(53)42(30)11-15-48(16-12-42)39(52)37-26(3)9-17-54-37/h6-8,13,18,21-22,24-26,28-29,37H,9-12,14-17,19-20,23H2,1-5H3,(H,44,46,47)/t26-,28?,29?,37+/m1/s1. The first-order valence-corrected chi connectivity index (χ1v) is 19.8. The number of carbonyl (C=O) groups excluding carboxylic acids is 2. The second kappa shape index (κ2) is 13.1. The molecule has 1 aromatic carbocycles. The number of fused-ring (bicyclic) bond motifs is 3. The molecule has 4 aromatic rings. The van der Waals surface area contributed by atoms with Crippen LogP contribution in [0.2, 0.25) is 0 Å². The Labute approximate surface area is 316 Å². The molecule has 1 N–H and O–H groups in total. The fraction of sp³-hybridized carbons (Fsp3) is 0.548. The lowest BCUT2D eigenvalue weighted by Gasteiger charge is -2.46. The molecule has 284 valence electrons. The largest absolute Gasteiger partial charge is 0.368 e. The topological polar surface area (TPSA) is 109 Å². The number of nitrogens with one attached hydrogen (secondary N) is 1. The van der Waals surface area contributed by atoms with Gasteiger partial charge in [-0.05, 0) is 94.0 Å². The van der Waals surface area contributed by atoms with Crippen molar-refractivity contribution in [1.82, 2.24) is 29.3 Å². The smallest absolute Gasteiger partial charge is 0.251 e. The summed E-state index contributed by atoms with van der Waals surface area (Å²) in [6, 6.07) is 10.6. The number of hydrogen-bond acceptors (Lipinski definition) is 8. The molecule has 0 bridgehead atoms. The van der Waals surface area contributed by atoms with Crippen molar-refractivity contribution in [3.8, 4) is 11.3 Å². The molecule has 2 atom stereocenters. The van der Waals surface area contributed by atoms with Crippen LogP contribution in [-0.4, -0.2) is 92.1 Å². The van der Waals surface area contributed by atoms with Crippen LogP contribution < -0.4 is 10.2 Å². The van der Waals surface area contributed by atoms with Gasteiger partial charge in [0, 0.05) is 61.8 Å². The van der Waals surface area contributed by atoms with Gasteiger partial charge in [0.1, 0.15) is 11.6 Å². The normalized spacial score (nSPS) is 26.2. The molecular formula is C42H51FN8O3. The Balaban J connectivity index is 1.07. The second-order valence-corrected chi connectivity index (χ2v) is 17.5. The Morgan fingerprint density at radius 2 is 1.85 bits per heavy atom. The molecule has 2 amide bonds. The van der Waals surface area contributed by atoms with E-state index < -0.39 is 17.3 Å². The van der Waals surface area contributed by atoms with Crippen LogP contribution in [0.5, 0.6) is 0 Å². The average Bonchev–Trinajstić information content (AvgIpc) is 3.91. The van der Waals surface area contributed by atoms with Gasteiger partial charge in [-0.15, -0.1) is 0 Å². The maximum atomic E-state index is 15.0. The number of hydrogen-bond donors (Lipinski definition) is 1. The van der Waals surface area contributed by atoms with Crippen molar-refractivity contribution in [2.45, 2.75) is 103 Å². The predicted octanol–water partition coefficient (Wildman–Crippen LogP) is 6.85. The zero-order valence-electron chi connectivity index (χ0n) is 32.0. The van der Waals surface area contributed by atoms with Gasteiger partial charge in [-0.1, -0.05) is 32.9 Å². The molecule has 1 aliphatic carbocycles. The molecule has 4 fully saturated rings. The summed E-state index contributed by atoms with van der Waals surface area (Å²) < 4.78 is 22.8. The molecule has 12 heteroatoms. The van der Waals surface area contributed by atoms with E-state index in [1.807, 2.05) is 15.5 Å². The third kappa shape index (κ3) is 5.79. The fourth-order valence-electron chi connectivity index (χ4n) is 9.72. The molecule has 3 aromatic heterocycles. The first-order chi connectivity index (χ1) is 25.9. The molecule has 0 unspecified atom stereocenters. The third-order valence-corrected chi connectivity index (χ3v) is 13.1. The van der Waals surface area contributed by atoms with Gasteiger partial charge in [-0.3, -0.25) is 19.5 Å². The van der Waals surface area contributed by atoms with Gasteiger partial charge in [0.05, 0.1) is 34.8 Å². The van der Waals surface area contributed by atoms with Crippen LogP contribution in [0.15, 0.2) is 49.1 Å². The van der Waals surface area contributed by atoms with Crippen molar-refractivity contribution in [3.63, 3.8) is 0 Å². The summed E-state index contributed by atoms with van der Waals surface area (Å²) in [6.07, 6.45) is 9.30. The van der Waals surface area contributed by atoms with Crippen molar-refractivity contribution in [2.75, 3.05) is 43.0 Å². The fourth-order valence-corrected chi connectivity index (χ4v) is 9.72. The second-order valence-electron chi connectivity index (χ2n) is 17.5. The zero-order valence-corrected chi connectivity index (χ0v) is 32.0. The third-order valence-electron chi connectivity index (χ3n) is 13.1. The number of halogens is 1. The highest BCUT2D eigenvalue weighted by Crippen LogP contribution is 2.52. The minimum absolute atomic E-state index is 0.0560. The number of ether oxygens (including phenoxy) is 1. The lowest BCUT2D eigenvalue weighted by atomic mass is 9.73. The number of pyridine rings is 2. The quantitative estimate of drug-likeness (QED) is 0.220. The maximum absolute atomic E-state index is 15.0. The van der Waals surface area contributed by atoms with E-state index in [9.17, 15) is 14.0 Å². The number of aromatic nitrogens is 4. The highest BCUT2D eigenvalue weighted by Gasteiger charge is 2.56. The van der Waals surface area contributed by atoms with E-state index in [1.54, 1.807) is 18.6 Å². The van der Waals surface area contributed by atoms with Crippen LogP contribution in [0.25, 0.3) is 22.3 Å². The molecule has 5 aliphatic rings. The van der Waals surface area contributed by atoms with Gasteiger partial charge >= 0.3 is 0 Å².